The minimum atomic E-state index is -0.407. The van der Waals surface area contributed by atoms with Crippen LogP contribution in [-0.2, 0) is 6.42 Å². The van der Waals surface area contributed by atoms with E-state index in [1.807, 2.05) is 25.1 Å². The first kappa shape index (κ1) is 14.5. The third kappa shape index (κ3) is 3.35. The van der Waals surface area contributed by atoms with E-state index in [0.717, 1.165) is 21.2 Å². The van der Waals surface area contributed by atoms with Crippen molar-refractivity contribution in [3.05, 3.63) is 68.4 Å². The molecule has 0 aromatic heterocycles. The Labute approximate surface area is 125 Å². The maximum atomic E-state index is 13.1. The first-order valence-electron chi connectivity index (χ1n) is 5.93. The molecule has 0 fully saturated rings. The molecule has 0 amide bonds. The number of benzene rings is 2. The fourth-order valence-corrected chi connectivity index (χ4v) is 2.75. The predicted octanol–water partition coefficient (Wildman–Crippen LogP) is 4.79. The molecule has 0 aliphatic heterocycles. The van der Waals surface area contributed by atoms with E-state index in [2.05, 4.69) is 15.9 Å². The van der Waals surface area contributed by atoms with Gasteiger partial charge in [0.25, 0.3) is 0 Å². The lowest BCUT2D eigenvalue weighted by Gasteiger charge is -2.15. The summed E-state index contributed by atoms with van der Waals surface area (Å²) in [6, 6.07) is 10.5. The highest BCUT2D eigenvalue weighted by molar-refractivity contribution is 9.10. The van der Waals surface area contributed by atoms with Crippen molar-refractivity contribution in [1.82, 2.24) is 0 Å². The van der Waals surface area contributed by atoms with E-state index >= 15 is 0 Å². The van der Waals surface area contributed by atoms with Crippen LogP contribution in [0.2, 0.25) is 5.02 Å². The maximum Gasteiger partial charge on any atom is 0.141 e. The molecule has 100 valence electrons. The lowest BCUT2D eigenvalue weighted by molar-refractivity contribution is 0.626. The lowest BCUT2D eigenvalue weighted by Crippen LogP contribution is -2.14. The van der Waals surface area contributed by atoms with Gasteiger partial charge in [-0.1, -0.05) is 51.8 Å². The van der Waals surface area contributed by atoms with Crippen molar-refractivity contribution >= 4 is 27.5 Å². The minimum absolute atomic E-state index is 0.132. The number of halogens is 3. The highest BCUT2D eigenvalue weighted by atomic mass is 79.9. The summed E-state index contributed by atoms with van der Waals surface area (Å²) in [7, 11) is 0. The number of rotatable bonds is 3. The Morgan fingerprint density at radius 1 is 1.32 bits per heavy atom. The second kappa shape index (κ2) is 6.04. The van der Waals surface area contributed by atoms with E-state index in [0.29, 0.717) is 6.42 Å². The van der Waals surface area contributed by atoms with Crippen molar-refractivity contribution in [2.24, 2.45) is 5.73 Å². The summed E-state index contributed by atoms with van der Waals surface area (Å²) in [6.45, 7) is 2.02. The van der Waals surface area contributed by atoms with Gasteiger partial charge in [-0.25, -0.2) is 4.39 Å². The fourth-order valence-electron chi connectivity index (χ4n) is 1.99. The van der Waals surface area contributed by atoms with Crippen LogP contribution < -0.4 is 5.73 Å². The van der Waals surface area contributed by atoms with Crippen LogP contribution in [-0.4, -0.2) is 0 Å². The lowest BCUT2D eigenvalue weighted by atomic mass is 9.98. The van der Waals surface area contributed by atoms with Crippen LogP contribution in [0.3, 0.4) is 0 Å². The molecule has 2 rings (SSSR count). The van der Waals surface area contributed by atoms with Crippen molar-refractivity contribution in [3.8, 4) is 0 Å². The Hall–Kier alpha value is -0.900. The number of nitrogens with two attached hydrogens (primary N) is 1. The van der Waals surface area contributed by atoms with Crippen molar-refractivity contribution in [3.63, 3.8) is 0 Å². The van der Waals surface area contributed by atoms with Crippen LogP contribution in [0.15, 0.2) is 40.9 Å². The van der Waals surface area contributed by atoms with Gasteiger partial charge in [0.1, 0.15) is 5.82 Å². The molecule has 0 saturated carbocycles. The molecule has 0 saturated heterocycles. The Morgan fingerprint density at radius 2 is 2.05 bits per heavy atom. The third-order valence-corrected chi connectivity index (χ3v) is 4.43. The fraction of sp³-hybridized carbons (Fsp3) is 0.200. The van der Waals surface area contributed by atoms with Gasteiger partial charge in [-0.05, 0) is 42.2 Å². The number of aryl methyl sites for hydroxylation is 1. The monoisotopic (exact) mass is 341 g/mol. The van der Waals surface area contributed by atoms with Crippen LogP contribution in [0, 0.1) is 12.7 Å². The van der Waals surface area contributed by atoms with Crippen molar-refractivity contribution in [1.29, 1.82) is 0 Å². The maximum absolute atomic E-state index is 13.1. The molecule has 0 heterocycles. The molecular formula is C15H14BrClFN. The van der Waals surface area contributed by atoms with Gasteiger partial charge in [-0.15, -0.1) is 0 Å². The van der Waals surface area contributed by atoms with Crippen LogP contribution in [0.25, 0.3) is 0 Å². The first-order chi connectivity index (χ1) is 8.99. The molecule has 19 heavy (non-hydrogen) atoms. The molecule has 2 N–H and O–H groups in total. The third-order valence-electron chi connectivity index (χ3n) is 3.06. The molecule has 1 unspecified atom stereocenters. The second-order valence-electron chi connectivity index (χ2n) is 4.54. The molecule has 0 spiro atoms. The summed E-state index contributed by atoms with van der Waals surface area (Å²) >= 11 is 9.33. The van der Waals surface area contributed by atoms with Crippen LogP contribution in [0.5, 0.6) is 0 Å². The Bertz CT molecular complexity index is 601. The normalized spacial score (nSPS) is 12.5. The van der Waals surface area contributed by atoms with E-state index in [1.54, 1.807) is 12.1 Å². The minimum Gasteiger partial charge on any atom is -0.324 e. The van der Waals surface area contributed by atoms with Crippen LogP contribution in [0.4, 0.5) is 4.39 Å². The standard InChI is InChI=1S/C15H14BrClFN/c1-9-3-2-4-11(15(9)16)14(19)8-10-5-6-13(18)12(17)7-10/h2-7,14H,8,19H2,1H3. The van der Waals surface area contributed by atoms with E-state index < -0.39 is 5.82 Å². The quantitative estimate of drug-likeness (QED) is 0.852. The SMILES string of the molecule is Cc1cccc(C(N)Cc2ccc(F)c(Cl)c2)c1Br. The van der Waals surface area contributed by atoms with E-state index in [-0.39, 0.29) is 11.1 Å². The highest BCUT2D eigenvalue weighted by Gasteiger charge is 2.12. The van der Waals surface area contributed by atoms with Gasteiger partial charge >= 0.3 is 0 Å². The smallest absolute Gasteiger partial charge is 0.141 e. The Morgan fingerprint density at radius 3 is 2.74 bits per heavy atom. The highest BCUT2D eigenvalue weighted by Crippen LogP contribution is 2.28. The number of hydrogen-bond acceptors (Lipinski definition) is 1. The zero-order chi connectivity index (χ0) is 14.0. The van der Waals surface area contributed by atoms with Gasteiger partial charge in [-0.3, -0.25) is 0 Å². The molecule has 0 aliphatic rings. The van der Waals surface area contributed by atoms with E-state index in [1.165, 1.54) is 6.07 Å². The summed E-state index contributed by atoms with van der Waals surface area (Å²) in [4.78, 5) is 0. The van der Waals surface area contributed by atoms with Gasteiger partial charge in [-0.2, -0.15) is 0 Å². The molecule has 0 bridgehead atoms. The molecule has 0 aliphatic carbocycles. The van der Waals surface area contributed by atoms with Crippen molar-refractivity contribution < 1.29 is 4.39 Å². The van der Waals surface area contributed by atoms with E-state index in [9.17, 15) is 4.39 Å². The largest absolute Gasteiger partial charge is 0.324 e. The summed E-state index contributed by atoms with van der Waals surface area (Å²) in [5.41, 5.74) is 9.33. The zero-order valence-corrected chi connectivity index (χ0v) is 12.8. The summed E-state index contributed by atoms with van der Waals surface area (Å²) < 4.78 is 14.1. The van der Waals surface area contributed by atoms with E-state index in [4.69, 9.17) is 17.3 Å². The molecule has 2 aromatic carbocycles. The van der Waals surface area contributed by atoms with Gasteiger partial charge in [0.2, 0.25) is 0 Å². The predicted molar refractivity (Wildman–Crippen MR) is 80.9 cm³/mol. The van der Waals surface area contributed by atoms with Gasteiger partial charge in [0.15, 0.2) is 0 Å². The van der Waals surface area contributed by atoms with Gasteiger partial charge in [0.05, 0.1) is 5.02 Å². The summed E-state index contributed by atoms with van der Waals surface area (Å²) in [5, 5.41) is 0.132. The Kier molecular flexibility index (Phi) is 4.61. The average Bonchev–Trinajstić information content (AvgIpc) is 2.37. The van der Waals surface area contributed by atoms with Crippen molar-refractivity contribution in [2.45, 2.75) is 19.4 Å². The number of hydrogen-bond donors (Lipinski definition) is 1. The summed E-state index contributed by atoms with van der Waals surface area (Å²) in [6.07, 6.45) is 0.613. The van der Waals surface area contributed by atoms with Crippen LogP contribution in [0.1, 0.15) is 22.7 Å². The molecule has 2 aromatic rings. The topological polar surface area (TPSA) is 26.0 Å². The average molecular weight is 343 g/mol. The molecule has 1 atom stereocenters. The molecule has 0 radical (unpaired) electrons. The molecule has 1 nitrogen and oxygen atoms in total. The van der Waals surface area contributed by atoms with Gasteiger partial charge in [0, 0.05) is 10.5 Å². The first-order valence-corrected chi connectivity index (χ1v) is 7.10. The van der Waals surface area contributed by atoms with Crippen molar-refractivity contribution in [2.75, 3.05) is 0 Å². The molecular weight excluding hydrogens is 329 g/mol. The van der Waals surface area contributed by atoms with Gasteiger partial charge < -0.3 is 5.73 Å². The Balaban J connectivity index is 2.23. The zero-order valence-electron chi connectivity index (χ0n) is 10.5. The summed E-state index contributed by atoms with van der Waals surface area (Å²) in [5.74, 6) is -0.407. The second-order valence-corrected chi connectivity index (χ2v) is 5.74. The molecule has 4 heteroatoms. The van der Waals surface area contributed by atoms with Crippen LogP contribution >= 0.6 is 27.5 Å².